The van der Waals surface area contributed by atoms with Crippen molar-refractivity contribution < 1.29 is 14.3 Å². The van der Waals surface area contributed by atoms with E-state index < -0.39 is 0 Å². The van der Waals surface area contributed by atoms with Crippen molar-refractivity contribution in [2.24, 2.45) is 5.92 Å². The molecule has 1 amide bonds. The number of carbonyl (C=O) groups is 2. The maximum Gasteiger partial charge on any atom is 0.328 e. The lowest BCUT2D eigenvalue weighted by molar-refractivity contribution is -0.158. The van der Waals surface area contributed by atoms with Gasteiger partial charge in [-0.3, -0.25) is 4.79 Å². The number of unbranched alkanes of at least 4 members (excludes halogenated alkanes) is 1. The second-order valence-electron chi connectivity index (χ2n) is 5.54. The van der Waals surface area contributed by atoms with Gasteiger partial charge in [-0.05, 0) is 39.0 Å². The van der Waals surface area contributed by atoms with Crippen LogP contribution >= 0.6 is 0 Å². The number of esters is 1. The van der Waals surface area contributed by atoms with Crippen LogP contribution in [0.15, 0.2) is 0 Å². The van der Waals surface area contributed by atoms with E-state index >= 15 is 0 Å². The highest BCUT2D eigenvalue weighted by atomic mass is 16.5. The molecule has 1 rings (SSSR count). The fourth-order valence-electron chi connectivity index (χ4n) is 2.87. The predicted molar refractivity (Wildman–Crippen MR) is 79.3 cm³/mol. The molecule has 0 saturated carbocycles. The van der Waals surface area contributed by atoms with Crippen LogP contribution in [0.4, 0.5) is 0 Å². The van der Waals surface area contributed by atoms with Gasteiger partial charge in [0.25, 0.3) is 0 Å². The molecule has 4 heteroatoms. The number of hydrogen-bond acceptors (Lipinski definition) is 3. The van der Waals surface area contributed by atoms with Crippen LogP contribution in [0.25, 0.3) is 0 Å². The first kappa shape index (κ1) is 17.0. The lowest BCUT2D eigenvalue weighted by Gasteiger charge is -2.36. The normalized spacial score (nSPS) is 20.6. The predicted octanol–water partition coefficient (Wildman–Crippen LogP) is 3.15. The van der Waals surface area contributed by atoms with Gasteiger partial charge in [0.1, 0.15) is 6.04 Å². The van der Waals surface area contributed by atoms with Crippen LogP contribution in [0, 0.1) is 5.92 Å². The smallest absolute Gasteiger partial charge is 0.328 e. The summed E-state index contributed by atoms with van der Waals surface area (Å²) < 4.78 is 5.12. The Morgan fingerprint density at radius 2 is 2.00 bits per heavy atom. The molecule has 0 bridgehead atoms. The van der Waals surface area contributed by atoms with E-state index in [0.717, 1.165) is 44.9 Å². The van der Waals surface area contributed by atoms with Crippen LogP contribution in [-0.2, 0) is 14.3 Å². The minimum absolute atomic E-state index is 0.0602. The minimum atomic E-state index is -0.355. The fraction of sp³-hybridized carbons (Fsp3) is 0.875. The van der Waals surface area contributed by atoms with Crippen molar-refractivity contribution in [3.63, 3.8) is 0 Å². The van der Waals surface area contributed by atoms with E-state index in [0.29, 0.717) is 13.2 Å². The number of nitrogens with zero attached hydrogens (tertiary/aromatic N) is 1. The van der Waals surface area contributed by atoms with Crippen molar-refractivity contribution in [3.05, 3.63) is 0 Å². The first-order valence-electron chi connectivity index (χ1n) is 8.12. The molecule has 2 atom stereocenters. The molecule has 0 aromatic rings. The molecule has 1 heterocycles. The first-order valence-corrected chi connectivity index (χ1v) is 8.12. The summed E-state index contributed by atoms with van der Waals surface area (Å²) in [5, 5.41) is 0. The maximum atomic E-state index is 12.7. The lowest BCUT2D eigenvalue weighted by atomic mass is 9.94. The van der Waals surface area contributed by atoms with Crippen LogP contribution in [0.5, 0.6) is 0 Å². The summed E-state index contributed by atoms with van der Waals surface area (Å²) in [4.78, 5) is 26.5. The van der Waals surface area contributed by atoms with E-state index in [-0.39, 0.29) is 23.8 Å². The van der Waals surface area contributed by atoms with Gasteiger partial charge >= 0.3 is 5.97 Å². The Kier molecular flexibility index (Phi) is 7.63. The van der Waals surface area contributed by atoms with Gasteiger partial charge in [0.2, 0.25) is 5.91 Å². The third-order valence-corrected chi connectivity index (χ3v) is 4.09. The van der Waals surface area contributed by atoms with Crippen LogP contribution in [0.3, 0.4) is 0 Å². The number of amides is 1. The van der Waals surface area contributed by atoms with E-state index in [1.54, 1.807) is 4.90 Å². The van der Waals surface area contributed by atoms with Crippen molar-refractivity contribution >= 4 is 11.9 Å². The van der Waals surface area contributed by atoms with Gasteiger partial charge < -0.3 is 9.64 Å². The minimum Gasteiger partial charge on any atom is -0.464 e. The fourth-order valence-corrected chi connectivity index (χ4v) is 2.87. The van der Waals surface area contributed by atoms with Gasteiger partial charge in [0.05, 0.1) is 6.61 Å². The summed E-state index contributed by atoms with van der Waals surface area (Å²) >= 11 is 0. The Morgan fingerprint density at radius 3 is 2.60 bits per heavy atom. The molecule has 1 aliphatic heterocycles. The lowest BCUT2D eigenvalue weighted by Crippen LogP contribution is -2.50. The molecule has 4 nitrogen and oxygen atoms in total. The molecule has 0 N–H and O–H groups in total. The summed E-state index contributed by atoms with van der Waals surface area (Å²) in [7, 11) is 0. The average molecular weight is 283 g/mol. The van der Waals surface area contributed by atoms with Crippen LogP contribution in [0.1, 0.15) is 65.7 Å². The topological polar surface area (TPSA) is 46.6 Å². The molecule has 0 spiro atoms. The Labute approximate surface area is 122 Å². The third-order valence-electron chi connectivity index (χ3n) is 4.09. The van der Waals surface area contributed by atoms with Gasteiger partial charge in [0, 0.05) is 12.5 Å². The Hall–Kier alpha value is -1.06. The zero-order chi connectivity index (χ0) is 15.0. The van der Waals surface area contributed by atoms with Gasteiger partial charge in [-0.15, -0.1) is 0 Å². The highest BCUT2D eigenvalue weighted by molar-refractivity contribution is 5.86. The molecule has 0 aromatic heterocycles. The van der Waals surface area contributed by atoms with Crippen LogP contribution in [-0.4, -0.2) is 36.0 Å². The van der Waals surface area contributed by atoms with Crippen LogP contribution < -0.4 is 0 Å². The SMILES string of the molecule is CCCCC(CC)C(=O)N1CCCCC1C(=O)OCC. The van der Waals surface area contributed by atoms with E-state index in [4.69, 9.17) is 4.74 Å². The quantitative estimate of drug-likeness (QED) is 0.674. The largest absolute Gasteiger partial charge is 0.464 e. The highest BCUT2D eigenvalue weighted by Gasteiger charge is 2.35. The highest BCUT2D eigenvalue weighted by Crippen LogP contribution is 2.24. The summed E-state index contributed by atoms with van der Waals surface area (Å²) in [5.74, 6) is -0.0189. The maximum absolute atomic E-state index is 12.7. The van der Waals surface area contributed by atoms with E-state index in [2.05, 4.69) is 13.8 Å². The Morgan fingerprint density at radius 1 is 1.25 bits per heavy atom. The first-order chi connectivity index (χ1) is 9.65. The molecule has 20 heavy (non-hydrogen) atoms. The van der Waals surface area contributed by atoms with Gasteiger partial charge in [0.15, 0.2) is 0 Å². The van der Waals surface area contributed by atoms with Gasteiger partial charge in [-0.25, -0.2) is 4.79 Å². The van der Waals surface area contributed by atoms with Gasteiger partial charge in [-0.1, -0.05) is 26.7 Å². The Bertz CT molecular complexity index is 317. The number of likely N-dealkylation sites (tertiary alicyclic amines) is 1. The zero-order valence-electron chi connectivity index (χ0n) is 13.2. The molecule has 2 unspecified atom stereocenters. The van der Waals surface area contributed by atoms with Crippen molar-refractivity contribution in [3.8, 4) is 0 Å². The van der Waals surface area contributed by atoms with E-state index in [9.17, 15) is 9.59 Å². The third kappa shape index (κ3) is 4.50. The number of rotatable bonds is 7. The average Bonchev–Trinajstić information content (AvgIpc) is 2.48. The summed E-state index contributed by atoms with van der Waals surface area (Å²) in [5.41, 5.74) is 0. The van der Waals surface area contributed by atoms with Gasteiger partial charge in [-0.2, -0.15) is 0 Å². The molecule has 1 saturated heterocycles. The molecule has 1 fully saturated rings. The molecule has 116 valence electrons. The monoisotopic (exact) mass is 283 g/mol. The number of carbonyl (C=O) groups excluding carboxylic acids is 2. The number of ether oxygens (including phenoxy) is 1. The molecule has 0 aliphatic carbocycles. The standard InChI is InChI=1S/C16H29NO3/c1-4-7-10-13(5-2)15(18)17-12-9-8-11-14(17)16(19)20-6-3/h13-14H,4-12H2,1-3H3. The molecular weight excluding hydrogens is 254 g/mol. The zero-order valence-corrected chi connectivity index (χ0v) is 13.2. The second kappa shape index (κ2) is 8.98. The summed E-state index contributed by atoms with van der Waals surface area (Å²) in [6.07, 6.45) is 6.69. The molecular formula is C16H29NO3. The second-order valence-corrected chi connectivity index (χ2v) is 5.54. The van der Waals surface area contributed by atoms with Crippen molar-refractivity contribution in [2.45, 2.75) is 71.8 Å². The van der Waals surface area contributed by atoms with Crippen molar-refractivity contribution in [2.75, 3.05) is 13.2 Å². The number of hydrogen-bond donors (Lipinski definition) is 0. The summed E-state index contributed by atoms with van der Waals surface area (Å²) in [6.45, 7) is 7.08. The molecule has 0 aromatic carbocycles. The van der Waals surface area contributed by atoms with E-state index in [1.165, 1.54) is 0 Å². The van der Waals surface area contributed by atoms with Crippen molar-refractivity contribution in [1.82, 2.24) is 4.90 Å². The van der Waals surface area contributed by atoms with E-state index in [1.807, 2.05) is 6.92 Å². The van der Waals surface area contributed by atoms with Crippen molar-refractivity contribution in [1.29, 1.82) is 0 Å². The molecule has 1 aliphatic rings. The molecule has 0 radical (unpaired) electrons. The Balaban J connectivity index is 2.72. The van der Waals surface area contributed by atoms with Crippen LogP contribution in [0.2, 0.25) is 0 Å². The number of piperidine rings is 1. The summed E-state index contributed by atoms with van der Waals surface area (Å²) in [6, 6.07) is -0.355.